The Labute approximate surface area is 131 Å². The largest absolute Gasteiger partial charge is 0.344 e. The zero-order chi connectivity index (χ0) is 16.3. The number of aromatic nitrogens is 3. The molecule has 2 heterocycles. The van der Waals surface area contributed by atoms with Gasteiger partial charge in [-0.2, -0.15) is 5.10 Å². The average molecular weight is 300 g/mol. The fourth-order valence-corrected chi connectivity index (χ4v) is 2.63. The van der Waals surface area contributed by atoms with Crippen LogP contribution in [0, 0.1) is 20.8 Å². The van der Waals surface area contributed by atoms with E-state index in [-0.39, 0.29) is 11.9 Å². The second-order valence-corrected chi connectivity index (χ2v) is 5.56. The molecule has 0 unspecified atom stereocenters. The first-order valence-corrected chi connectivity index (χ1v) is 7.75. The molecular weight excluding hydrogens is 276 g/mol. The standard InChI is InChI=1S/C17H24N4O/c1-6-14(15-9-8-11(3)10-18-15)19-17(22)16-12(4)20-21(7-2)13(16)5/h8-10,14H,6-7H2,1-5H3,(H,19,22)/t14-/m0/s1. The summed E-state index contributed by atoms with van der Waals surface area (Å²) in [5, 5.41) is 7.49. The van der Waals surface area contributed by atoms with Gasteiger partial charge in [0.1, 0.15) is 0 Å². The highest BCUT2D eigenvalue weighted by Crippen LogP contribution is 2.18. The Morgan fingerprint density at radius 2 is 2.00 bits per heavy atom. The molecule has 2 rings (SSSR count). The molecule has 0 saturated heterocycles. The van der Waals surface area contributed by atoms with Gasteiger partial charge in [0.15, 0.2) is 0 Å². The minimum atomic E-state index is -0.0862. The average Bonchev–Trinajstić information content (AvgIpc) is 2.80. The molecule has 1 amide bonds. The molecule has 1 N–H and O–H groups in total. The zero-order valence-electron chi connectivity index (χ0n) is 14.0. The summed E-state index contributed by atoms with van der Waals surface area (Å²) in [6.07, 6.45) is 2.62. The minimum absolute atomic E-state index is 0.0797. The Bertz CT molecular complexity index is 658. The normalized spacial score (nSPS) is 12.2. The van der Waals surface area contributed by atoms with E-state index < -0.39 is 0 Å². The van der Waals surface area contributed by atoms with Crippen LogP contribution in [0.15, 0.2) is 18.3 Å². The predicted octanol–water partition coefficient (Wildman–Crippen LogP) is 3.10. The Hall–Kier alpha value is -2.17. The summed E-state index contributed by atoms with van der Waals surface area (Å²) in [7, 11) is 0. The highest BCUT2D eigenvalue weighted by molar-refractivity contribution is 5.96. The van der Waals surface area contributed by atoms with Crippen molar-refractivity contribution in [1.82, 2.24) is 20.1 Å². The number of nitrogens with zero attached hydrogens (tertiary/aromatic N) is 3. The minimum Gasteiger partial charge on any atom is -0.344 e. The molecule has 2 aromatic heterocycles. The van der Waals surface area contributed by atoms with Gasteiger partial charge in [-0.25, -0.2) is 0 Å². The Morgan fingerprint density at radius 1 is 1.27 bits per heavy atom. The predicted molar refractivity (Wildman–Crippen MR) is 86.8 cm³/mol. The number of rotatable bonds is 5. The first kappa shape index (κ1) is 16.2. The van der Waals surface area contributed by atoms with Crippen LogP contribution < -0.4 is 5.32 Å². The van der Waals surface area contributed by atoms with Gasteiger partial charge in [-0.15, -0.1) is 0 Å². The summed E-state index contributed by atoms with van der Waals surface area (Å²) in [5.74, 6) is -0.0797. The number of amides is 1. The molecule has 118 valence electrons. The van der Waals surface area contributed by atoms with Crippen LogP contribution >= 0.6 is 0 Å². The number of aryl methyl sites for hydroxylation is 3. The van der Waals surface area contributed by atoms with E-state index in [1.807, 2.05) is 57.6 Å². The van der Waals surface area contributed by atoms with Crippen LogP contribution in [0.2, 0.25) is 0 Å². The van der Waals surface area contributed by atoms with Crippen molar-refractivity contribution in [3.8, 4) is 0 Å². The maximum Gasteiger partial charge on any atom is 0.255 e. The van der Waals surface area contributed by atoms with Gasteiger partial charge < -0.3 is 5.32 Å². The summed E-state index contributed by atoms with van der Waals surface area (Å²) in [6, 6.07) is 3.90. The zero-order valence-corrected chi connectivity index (χ0v) is 14.0. The molecule has 0 fully saturated rings. The second kappa shape index (κ2) is 6.73. The third kappa shape index (κ3) is 3.18. The number of carbonyl (C=O) groups excluding carboxylic acids is 1. The number of pyridine rings is 1. The number of nitrogens with one attached hydrogen (secondary N) is 1. The summed E-state index contributed by atoms with van der Waals surface area (Å²) >= 11 is 0. The Morgan fingerprint density at radius 3 is 2.50 bits per heavy atom. The van der Waals surface area contributed by atoms with E-state index in [9.17, 15) is 4.79 Å². The van der Waals surface area contributed by atoms with Crippen molar-refractivity contribution >= 4 is 5.91 Å². The monoisotopic (exact) mass is 300 g/mol. The fraction of sp³-hybridized carbons (Fsp3) is 0.471. The van der Waals surface area contributed by atoms with E-state index in [0.717, 1.165) is 35.6 Å². The molecule has 22 heavy (non-hydrogen) atoms. The molecule has 0 aliphatic rings. The molecule has 5 nitrogen and oxygen atoms in total. The maximum absolute atomic E-state index is 12.6. The lowest BCUT2D eigenvalue weighted by atomic mass is 10.1. The van der Waals surface area contributed by atoms with Crippen molar-refractivity contribution in [2.45, 2.75) is 53.6 Å². The van der Waals surface area contributed by atoms with Gasteiger partial charge in [-0.3, -0.25) is 14.5 Å². The third-order valence-corrected chi connectivity index (χ3v) is 3.91. The van der Waals surface area contributed by atoms with Crippen LogP contribution in [0.25, 0.3) is 0 Å². The van der Waals surface area contributed by atoms with Gasteiger partial charge in [0.25, 0.3) is 5.91 Å². The second-order valence-electron chi connectivity index (χ2n) is 5.56. The van der Waals surface area contributed by atoms with Crippen molar-refractivity contribution in [1.29, 1.82) is 0 Å². The van der Waals surface area contributed by atoms with Crippen molar-refractivity contribution in [3.05, 3.63) is 46.5 Å². The molecule has 2 aromatic rings. The smallest absolute Gasteiger partial charge is 0.255 e. The lowest BCUT2D eigenvalue weighted by Gasteiger charge is -2.17. The lowest BCUT2D eigenvalue weighted by Crippen LogP contribution is -2.29. The molecule has 0 saturated carbocycles. The fourth-order valence-electron chi connectivity index (χ4n) is 2.63. The molecular formula is C17H24N4O. The van der Waals surface area contributed by atoms with Gasteiger partial charge in [0, 0.05) is 18.4 Å². The van der Waals surface area contributed by atoms with Crippen LogP contribution in [-0.4, -0.2) is 20.7 Å². The van der Waals surface area contributed by atoms with Gasteiger partial charge in [-0.1, -0.05) is 13.0 Å². The van der Waals surface area contributed by atoms with Crippen LogP contribution in [0.1, 0.15) is 59.3 Å². The summed E-state index contributed by atoms with van der Waals surface area (Å²) in [4.78, 5) is 17.1. The van der Waals surface area contributed by atoms with E-state index in [4.69, 9.17) is 0 Å². The molecule has 0 spiro atoms. The van der Waals surface area contributed by atoms with E-state index >= 15 is 0 Å². The topological polar surface area (TPSA) is 59.8 Å². The highest BCUT2D eigenvalue weighted by atomic mass is 16.1. The Balaban J connectivity index is 2.23. The maximum atomic E-state index is 12.6. The van der Waals surface area contributed by atoms with Crippen LogP contribution in [0.5, 0.6) is 0 Å². The van der Waals surface area contributed by atoms with Crippen molar-refractivity contribution in [3.63, 3.8) is 0 Å². The van der Waals surface area contributed by atoms with Crippen LogP contribution in [0.4, 0.5) is 0 Å². The quantitative estimate of drug-likeness (QED) is 0.923. The van der Waals surface area contributed by atoms with Crippen molar-refractivity contribution < 1.29 is 4.79 Å². The number of hydrogen-bond donors (Lipinski definition) is 1. The first-order valence-electron chi connectivity index (χ1n) is 7.75. The van der Waals surface area contributed by atoms with Crippen LogP contribution in [-0.2, 0) is 6.54 Å². The van der Waals surface area contributed by atoms with E-state index in [2.05, 4.69) is 15.4 Å². The van der Waals surface area contributed by atoms with Crippen molar-refractivity contribution in [2.24, 2.45) is 0 Å². The van der Waals surface area contributed by atoms with E-state index in [1.54, 1.807) is 0 Å². The molecule has 5 heteroatoms. The van der Waals surface area contributed by atoms with Crippen LogP contribution in [0.3, 0.4) is 0 Å². The molecule has 0 aliphatic heterocycles. The molecule has 1 atom stereocenters. The van der Waals surface area contributed by atoms with Gasteiger partial charge in [0.2, 0.25) is 0 Å². The number of carbonyl (C=O) groups is 1. The molecule has 0 aromatic carbocycles. The Kier molecular flexibility index (Phi) is 4.96. The van der Waals surface area contributed by atoms with Crippen molar-refractivity contribution in [2.75, 3.05) is 0 Å². The van der Waals surface area contributed by atoms with E-state index in [1.165, 1.54) is 0 Å². The summed E-state index contributed by atoms with van der Waals surface area (Å²) < 4.78 is 1.86. The summed E-state index contributed by atoms with van der Waals surface area (Å²) in [5.41, 5.74) is 4.35. The van der Waals surface area contributed by atoms with E-state index in [0.29, 0.717) is 5.56 Å². The molecule has 0 bridgehead atoms. The van der Waals surface area contributed by atoms with Gasteiger partial charge in [0.05, 0.1) is 23.0 Å². The summed E-state index contributed by atoms with van der Waals surface area (Å²) in [6.45, 7) is 10.6. The number of hydrogen-bond acceptors (Lipinski definition) is 3. The SMILES string of the molecule is CC[C@H](NC(=O)c1c(C)nn(CC)c1C)c1ccc(C)cn1. The van der Waals surface area contributed by atoms with Gasteiger partial charge >= 0.3 is 0 Å². The first-order chi connectivity index (χ1) is 10.5. The highest BCUT2D eigenvalue weighted by Gasteiger charge is 2.21. The molecule has 0 radical (unpaired) electrons. The lowest BCUT2D eigenvalue weighted by molar-refractivity contribution is 0.0933. The van der Waals surface area contributed by atoms with Gasteiger partial charge in [-0.05, 0) is 45.7 Å². The third-order valence-electron chi connectivity index (χ3n) is 3.91. The molecule has 0 aliphatic carbocycles.